The maximum Gasteiger partial charge on any atom is 0.407 e. The Morgan fingerprint density at radius 2 is 1.52 bits per heavy atom. The Morgan fingerprint density at radius 1 is 0.968 bits per heavy atom. The molecule has 2 aromatic carbocycles. The van der Waals surface area contributed by atoms with Crippen LogP contribution in [-0.2, 0) is 9.53 Å². The van der Waals surface area contributed by atoms with E-state index < -0.39 is 11.5 Å². The molecule has 0 spiro atoms. The molecule has 5 heteroatoms. The number of carbonyl (C=O) groups excluding carboxylic acids is 2. The molecule has 5 nitrogen and oxygen atoms in total. The van der Waals surface area contributed by atoms with Crippen LogP contribution in [0.3, 0.4) is 0 Å². The highest BCUT2D eigenvalue weighted by atomic mass is 16.5. The van der Waals surface area contributed by atoms with Crippen molar-refractivity contribution in [3.8, 4) is 11.1 Å². The molecule has 3 rings (SSSR count). The summed E-state index contributed by atoms with van der Waals surface area (Å²) < 4.78 is 5.52. The number of carbonyl (C=O) groups is 2. The molecule has 0 bridgehead atoms. The van der Waals surface area contributed by atoms with Crippen molar-refractivity contribution in [3.05, 3.63) is 59.7 Å². The van der Waals surface area contributed by atoms with Gasteiger partial charge in [-0.25, -0.2) is 4.79 Å². The Kier molecular flexibility index (Phi) is 7.37. The smallest absolute Gasteiger partial charge is 0.407 e. The van der Waals surface area contributed by atoms with Gasteiger partial charge in [-0.2, -0.15) is 0 Å². The molecule has 2 aromatic rings. The molecular formula is C26H34N2O3. The van der Waals surface area contributed by atoms with Crippen molar-refractivity contribution in [1.82, 2.24) is 10.6 Å². The maximum absolute atomic E-state index is 12.4. The number of fused-ring (bicyclic) bond motifs is 3. The Labute approximate surface area is 185 Å². The van der Waals surface area contributed by atoms with Gasteiger partial charge in [-0.15, -0.1) is 0 Å². The van der Waals surface area contributed by atoms with Crippen molar-refractivity contribution in [2.75, 3.05) is 19.7 Å². The summed E-state index contributed by atoms with van der Waals surface area (Å²) in [6.45, 7) is 9.23. The van der Waals surface area contributed by atoms with Crippen LogP contribution < -0.4 is 10.6 Å². The van der Waals surface area contributed by atoms with Gasteiger partial charge in [-0.05, 0) is 34.6 Å². The van der Waals surface area contributed by atoms with Crippen molar-refractivity contribution >= 4 is 12.0 Å². The fraction of sp³-hybridized carbons (Fsp3) is 0.462. The van der Waals surface area contributed by atoms with Crippen LogP contribution in [-0.4, -0.2) is 31.7 Å². The van der Waals surface area contributed by atoms with E-state index in [0.29, 0.717) is 19.0 Å². The van der Waals surface area contributed by atoms with E-state index in [1.54, 1.807) is 0 Å². The first kappa shape index (κ1) is 22.9. The SMILES string of the molecule is CCC(C)CC(C)(C)C(=O)NCCNC(=O)OCC1c2ccccc2-c2ccccc21. The molecule has 0 saturated heterocycles. The number of hydrogen-bond acceptors (Lipinski definition) is 3. The third-order valence-electron chi connectivity index (χ3n) is 6.19. The molecule has 0 saturated carbocycles. The zero-order chi connectivity index (χ0) is 22.4. The van der Waals surface area contributed by atoms with Gasteiger partial charge in [0.2, 0.25) is 5.91 Å². The van der Waals surface area contributed by atoms with Crippen molar-refractivity contribution in [1.29, 1.82) is 0 Å². The first-order chi connectivity index (χ1) is 14.8. The molecule has 2 amide bonds. The molecule has 1 atom stereocenters. The lowest BCUT2D eigenvalue weighted by molar-refractivity contribution is -0.130. The van der Waals surface area contributed by atoms with Crippen LogP contribution in [0.25, 0.3) is 11.1 Å². The fourth-order valence-corrected chi connectivity index (χ4v) is 4.34. The number of ether oxygens (including phenoxy) is 1. The van der Waals surface area contributed by atoms with Crippen LogP contribution in [0, 0.1) is 11.3 Å². The molecule has 1 aliphatic carbocycles. The highest BCUT2D eigenvalue weighted by Crippen LogP contribution is 2.44. The Bertz CT molecular complexity index is 877. The van der Waals surface area contributed by atoms with Crippen LogP contribution in [0.4, 0.5) is 4.79 Å². The number of benzene rings is 2. The Hall–Kier alpha value is -2.82. The molecule has 31 heavy (non-hydrogen) atoms. The predicted molar refractivity (Wildman–Crippen MR) is 124 cm³/mol. The summed E-state index contributed by atoms with van der Waals surface area (Å²) in [6.07, 6.45) is 1.44. The quantitative estimate of drug-likeness (QED) is 0.552. The summed E-state index contributed by atoms with van der Waals surface area (Å²) in [4.78, 5) is 24.6. The Balaban J connectivity index is 1.45. The number of alkyl carbamates (subject to hydrolysis) is 1. The van der Waals surface area contributed by atoms with Gasteiger partial charge in [0.05, 0.1) is 0 Å². The van der Waals surface area contributed by atoms with Crippen LogP contribution in [0.15, 0.2) is 48.5 Å². The fourth-order valence-electron chi connectivity index (χ4n) is 4.34. The van der Waals surface area contributed by atoms with Gasteiger partial charge in [0.1, 0.15) is 6.61 Å². The standard InChI is InChI=1S/C26H34N2O3/c1-5-18(2)16-26(3,4)24(29)27-14-15-28-25(30)31-17-23-21-12-8-6-10-19(21)20-11-7-9-13-22(20)23/h6-13,18,23H,5,14-17H2,1-4H3,(H,27,29)(H,28,30). The molecule has 2 N–H and O–H groups in total. The summed E-state index contributed by atoms with van der Waals surface area (Å²) in [7, 11) is 0. The molecule has 0 fully saturated rings. The molecule has 0 aliphatic heterocycles. The lowest BCUT2D eigenvalue weighted by Crippen LogP contribution is -2.42. The monoisotopic (exact) mass is 422 g/mol. The van der Waals surface area contributed by atoms with E-state index in [1.807, 2.05) is 38.1 Å². The lowest BCUT2D eigenvalue weighted by atomic mass is 9.81. The summed E-state index contributed by atoms with van der Waals surface area (Å²) in [5, 5.41) is 5.66. The van der Waals surface area contributed by atoms with E-state index in [-0.39, 0.29) is 18.4 Å². The molecular weight excluding hydrogens is 388 g/mol. The van der Waals surface area contributed by atoms with Gasteiger partial charge >= 0.3 is 6.09 Å². The van der Waals surface area contributed by atoms with E-state index in [1.165, 1.54) is 22.3 Å². The average Bonchev–Trinajstić information content (AvgIpc) is 3.08. The van der Waals surface area contributed by atoms with E-state index in [0.717, 1.165) is 12.8 Å². The van der Waals surface area contributed by atoms with Gasteiger partial charge in [0.15, 0.2) is 0 Å². The van der Waals surface area contributed by atoms with Crippen molar-refractivity contribution < 1.29 is 14.3 Å². The van der Waals surface area contributed by atoms with Gasteiger partial charge in [0.25, 0.3) is 0 Å². The van der Waals surface area contributed by atoms with E-state index >= 15 is 0 Å². The molecule has 0 heterocycles. The van der Waals surface area contributed by atoms with Crippen LogP contribution in [0.2, 0.25) is 0 Å². The summed E-state index contributed by atoms with van der Waals surface area (Å²) in [5.41, 5.74) is 4.36. The summed E-state index contributed by atoms with van der Waals surface area (Å²) in [6, 6.07) is 16.5. The highest BCUT2D eigenvalue weighted by Gasteiger charge is 2.30. The van der Waals surface area contributed by atoms with Crippen LogP contribution in [0.5, 0.6) is 0 Å². The minimum atomic E-state index is -0.463. The summed E-state index contributed by atoms with van der Waals surface area (Å²) >= 11 is 0. The molecule has 0 aromatic heterocycles. The van der Waals surface area contributed by atoms with Gasteiger partial charge in [-0.3, -0.25) is 4.79 Å². The van der Waals surface area contributed by atoms with E-state index in [4.69, 9.17) is 4.74 Å². The lowest BCUT2D eigenvalue weighted by Gasteiger charge is -2.26. The third kappa shape index (κ3) is 5.46. The summed E-state index contributed by atoms with van der Waals surface area (Å²) in [5.74, 6) is 0.557. The van der Waals surface area contributed by atoms with Crippen molar-refractivity contribution in [2.45, 2.75) is 46.5 Å². The first-order valence-electron chi connectivity index (χ1n) is 11.2. The van der Waals surface area contributed by atoms with Crippen LogP contribution in [0.1, 0.15) is 57.6 Å². The highest BCUT2D eigenvalue weighted by molar-refractivity contribution is 5.82. The van der Waals surface area contributed by atoms with E-state index in [9.17, 15) is 9.59 Å². The van der Waals surface area contributed by atoms with Gasteiger partial charge < -0.3 is 15.4 Å². The van der Waals surface area contributed by atoms with Gasteiger partial charge in [0, 0.05) is 24.4 Å². The third-order valence-corrected chi connectivity index (χ3v) is 6.19. The van der Waals surface area contributed by atoms with Gasteiger partial charge in [-0.1, -0.05) is 82.6 Å². The molecule has 1 unspecified atom stereocenters. The van der Waals surface area contributed by atoms with Crippen molar-refractivity contribution in [3.63, 3.8) is 0 Å². The maximum atomic E-state index is 12.4. The largest absolute Gasteiger partial charge is 0.449 e. The number of nitrogens with one attached hydrogen (secondary N) is 2. The zero-order valence-electron chi connectivity index (χ0n) is 19.0. The number of amides is 2. The minimum absolute atomic E-state index is 0.0159. The first-order valence-corrected chi connectivity index (χ1v) is 11.2. The number of hydrogen-bond donors (Lipinski definition) is 2. The van der Waals surface area contributed by atoms with Crippen LogP contribution >= 0.6 is 0 Å². The number of rotatable bonds is 9. The Morgan fingerprint density at radius 3 is 2.10 bits per heavy atom. The molecule has 0 radical (unpaired) electrons. The molecule has 1 aliphatic rings. The topological polar surface area (TPSA) is 67.4 Å². The minimum Gasteiger partial charge on any atom is -0.449 e. The predicted octanol–water partition coefficient (Wildman–Crippen LogP) is 5.10. The zero-order valence-corrected chi connectivity index (χ0v) is 19.0. The van der Waals surface area contributed by atoms with Crippen molar-refractivity contribution in [2.24, 2.45) is 11.3 Å². The normalized spacial score (nSPS) is 13.8. The van der Waals surface area contributed by atoms with E-state index in [2.05, 4.69) is 48.7 Å². The average molecular weight is 423 g/mol. The second-order valence-electron chi connectivity index (χ2n) is 9.11. The second kappa shape index (κ2) is 9.99. The molecule has 166 valence electrons. The second-order valence-corrected chi connectivity index (χ2v) is 9.11.